The highest BCUT2D eigenvalue weighted by molar-refractivity contribution is 5.27. The van der Waals surface area contributed by atoms with Crippen LogP contribution in [0.2, 0.25) is 0 Å². The molecule has 1 aromatic rings. The van der Waals surface area contributed by atoms with Crippen LogP contribution in [0.4, 0.5) is 4.39 Å². The van der Waals surface area contributed by atoms with Gasteiger partial charge in [0.25, 0.3) is 0 Å². The van der Waals surface area contributed by atoms with Crippen LogP contribution in [0, 0.1) is 40.8 Å². The van der Waals surface area contributed by atoms with Gasteiger partial charge in [-0.25, -0.2) is 4.39 Å². The first kappa shape index (κ1) is 12.4. The van der Waals surface area contributed by atoms with E-state index in [0.717, 1.165) is 53.4 Å². The molecule has 0 saturated heterocycles. The summed E-state index contributed by atoms with van der Waals surface area (Å²) < 4.78 is 13.6. The Morgan fingerprint density at radius 2 is 2.00 bits per heavy atom. The summed E-state index contributed by atoms with van der Waals surface area (Å²) in [5.74, 6) is 5.02. The van der Waals surface area contributed by atoms with Crippen LogP contribution in [-0.2, 0) is 6.42 Å². The minimum atomic E-state index is -0.0517. The predicted molar refractivity (Wildman–Crippen MR) is 82.2 cm³/mol. The van der Waals surface area contributed by atoms with Crippen molar-refractivity contribution < 1.29 is 4.39 Å². The van der Waals surface area contributed by atoms with E-state index < -0.39 is 0 Å². The second-order valence-electron chi connectivity index (χ2n) is 7.98. The minimum Gasteiger partial charge on any atom is -0.207 e. The van der Waals surface area contributed by atoms with Crippen molar-refractivity contribution in [2.45, 2.75) is 38.5 Å². The van der Waals surface area contributed by atoms with E-state index in [4.69, 9.17) is 0 Å². The fourth-order valence-corrected chi connectivity index (χ4v) is 6.24. The third-order valence-electron chi connectivity index (χ3n) is 7.20. The van der Waals surface area contributed by atoms with Crippen LogP contribution in [0.1, 0.15) is 37.7 Å². The highest BCUT2D eigenvalue weighted by Gasteiger charge is 2.75. The molecule has 4 aliphatic rings. The van der Waals surface area contributed by atoms with Gasteiger partial charge in [0.05, 0.1) is 0 Å². The fraction of sp³-hybridized carbons (Fsp3) is 0.600. The number of fused-ring (bicyclic) bond motifs is 1. The third-order valence-corrected chi connectivity index (χ3v) is 7.20. The molecule has 0 heterocycles. The monoisotopic (exact) mass is 282 g/mol. The van der Waals surface area contributed by atoms with Gasteiger partial charge in [-0.15, -0.1) is 0 Å². The smallest absolute Gasteiger partial charge is 0.126 e. The van der Waals surface area contributed by atoms with Crippen LogP contribution < -0.4 is 0 Å². The van der Waals surface area contributed by atoms with E-state index >= 15 is 0 Å². The second kappa shape index (κ2) is 4.21. The molecule has 0 radical (unpaired) electrons. The molecule has 4 aliphatic carbocycles. The Labute approximate surface area is 126 Å². The zero-order valence-corrected chi connectivity index (χ0v) is 12.5. The van der Waals surface area contributed by atoms with Gasteiger partial charge in [0, 0.05) is 0 Å². The zero-order valence-electron chi connectivity index (χ0n) is 12.5. The van der Waals surface area contributed by atoms with Gasteiger partial charge >= 0.3 is 0 Å². The summed E-state index contributed by atoms with van der Waals surface area (Å²) in [6.07, 6.45) is 12.8. The van der Waals surface area contributed by atoms with E-state index in [0.29, 0.717) is 0 Å². The van der Waals surface area contributed by atoms with Gasteiger partial charge in [-0.3, -0.25) is 0 Å². The molecule has 4 saturated carbocycles. The van der Waals surface area contributed by atoms with Gasteiger partial charge in [0.15, 0.2) is 0 Å². The molecule has 0 amide bonds. The molecule has 0 nitrogen and oxygen atoms in total. The van der Waals surface area contributed by atoms with E-state index in [1.54, 1.807) is 18.6 Å². The average Bonchev–Trinajstić information content (AvgIpc) is 3.16. The lowest BCUT2D eigenvalue weighted by atomic mass is 9.60. The van der Waals surface area contributed by atoms with E-state index in [-0.39, 0.29) is 5.82 Å². The number of aryl methyl sites for hydroxylation is 1. The Kier molecular flexibility index (Phi) is 2.49. The lowest BCUT2D eigenvalue weighted by Crippen LogP contribution is -2.38. The number of benzene rings is 1. The molecule has 0 aliphatic heterocycles. The number of rotatable bonds is 4. The first-order chi connectivity index (χ1) is 10.3. The van der Waals surface area contributed by atoms with Gasteiger partial charge in [-0.2, -0.15) is 0 Å². The van der Waals surface area contributed by atoms with Crippen LogP contribution in [0.15, 0.2) is 36.4 Å². The van der Waals surface area contributed by atoms with Crippen LogP contribution in [0.3, 0.4) is 0 Å². The standard InChI is InChI=1S/C20H23F/c21-19-8-4-2-6-13(19)5-1-3-7-16-14-9-15-11-20(12-18(16)20)17(15)10-14/h2-4,6-8,14-18H,1,5,9-12H2/b7-3+. The van der Waals surface area contributed by atoms with Crippen molar-refractivity contribution in [1.29, 1.82) is 0 Å². The molecule has 0 N–H and O–H groups in total. The summed E-state index contributed by atoms with van der Waals surface area (Å²) in [5.41, 5.74) is 1.68. The lowest BCUT2D eigenvalue weighted by Gasteiger charge is -2.44. The zero-order chi connectivity index (χ0) is 14.0. The molecule has 6 atom stereocenters. The van der Waals surface area contributed by atoms with Crippen molar-refractivity contribution in [3.63, 3.8) is 0 Å². The molecule has 2 bridgehead atoms. The van der Waals surface area contributed by atoms with E-state index in [1.165, 1.54) is 19.3 Å². The van der Waals surface area contributed by atoms with Crippen molar-refractivity contribution in [3.05, 3.63) is 47.8 Å². The largest absolute Gasteiger partial charge is 0.207 e. The lowest BCUT2D eigenvalue weighted by molar-refractivity contribution is 0.0458. The minimum absolute atomic E-state index is 0.0517. The molecule has 6 unspecified atom stereocenters. The highest BCUT2D eigenvalue weighted by atomic mass is 19.1. The maximum atomic E-state index is 13.6. The van der Waals surface area contributed by atoms with Crippen molar-refractivity contribution >= 4 is 0 Å². The van der Waals surface area contributed by atoms with Crippen LogP contribution in [0.5, 0.6) is 0 Å². The quantitative estimate of drug-likeness (QED) is 0.682. The second-order valence-corrected chi connectivity index (χ2v) is 7.98. The van der Waals surface area contributed by atoms with Gasteiger partial charge in [0.1, 0.15) is 5.82 Å². The third kappa shape index (κ3) is 1.67. The molecule has 1 aromatic carbocycles. The van der Waals surface area contributed by atoms with E-state index in [1.807, 2.05) is 12.1 Å². The first-order valence-corrected chi connectivity index (χ1v) is 8.68. The Morgan fingerprint density at radius 1 is 1.10 bits per heavy atom. The summed E-state index contributed by atoms with van der Waals surface area (Å²) in [7, 11) is 0. The molecule has 21 heavy (non-hydrogen) atoms. The molecule has 0 aromatic heterocycles. The molecule has 4 fully saturated rings. The highest BCUT2D eigenvalue weighted by Crippen LogP contribution is 2.82. The molecular weight excluding hydrogens is 259 g/mol. The van der Waals surface area contributed by atoms with Crippen LogP contribution >= 0.6 is 0 Å². The summed E-state index contributed by atoms with van der Waals surface area (Å²) in [6, 6.07) is 7.19. The first-order valence-electron chi connectivity index (χ1n) is 8.68. The van der Waals surface area contributed by atoms with Crippen molar-refractivity contribution in [1.82, 2.24) is 0 Å². The number of hydrogen-bond acceptors (Lipinski definition) is 0. The van der Waals surface area contributed by atoms with Gasteiger partial charge in [-0.05, 0) is 85.2 Å². The molecular formula is C20H23F. The summed E-state index contributed by atoms with van der Waals surface area (Å²) >= 11 is 0. The SMILES string of the molecule is Fc1ccccc1CC/C=C/C1C2CC3CC4(CC14)C3C2. The van der Waals surface area contributed by atoms with Crippen molar-refractivity contribution in [3.8, 4) is 0 Å². The van der Waals surface area contributed by atoms with Crippen molar-refractivity contribution in [2.24, 2.45) is 35.0 Å². The Balaban J connectivity index is 1.24. The predicted octanol–water partition coefficient (Wildman–Crippen LogP) is 5.00. The number of allylic oxidation sites excluding steroid dienone is 2. The Hall–Kier alpha value is -1.11. The van der Waals surface area contributed by atoms with Gasteiger partial charge in [-0.1, -0.05) is 30.4 Å². The molecule has 5 rings (SSSR count). The van der Waals surface area contributed by atoms with E-state index in [9.17, 15) is 4.39 Å². The maximum Gasteiger partial charge on any atom is 0.126 e. The summed E-state index contributed by atoms with van der Waals surface area (Å²) in [4.78, 5) is 0. The molecule has 110 valence electrons. The molecule has 1 spiro atoms. The van der Waals surface area contributed by atoms with E-state index in [2.05, 4.69) is 12.2 Å². The van der Waals surface area contributed by atoms with Gasteiger partial charge in [0.2, 0.25) is 0 Å². The topological polar surface area (TPSA) is 0 Å². The Bertz CT molecular complexity index is 602. The molecule has 1 heteroatoms. The van der Waals surface area contributed by atoms with Crippen molar-refractivity contribution in [2.75, 3.05) is 0 Å². The van der Waals surface area contributed by atoms with Gasteiger partial charge < -0.3 is 0 Å². The fourth-order valence-electron chi connectivity index (χ4n) is 6.24. The van der Waals surface area contributed by atoms with Crippen LogP contribution in [-0.4, -0.2) is 0 Å². The maximum absolute atomic E-state index is 13.6. The average molecular weight is 282 g/mol. The number of hydrogen-bond donors (Lipinski definition) is 0. The number of halogens is 1. The summed E-state index contributed by atoms with van der Waals surface area (Å²) in [6.45, 7) is 0. The normalized spacial score (nSPS) is 45.5. The summed E-state index contributed by atoms with van der Waals surface area (Å²) in [5, 5.41) is 0. The van der Waals surface area contributed by atoms with Crippen LogP contribution in [0.25, 0.3) is 0 Å². The Morgan fingerprint density at radius 3 is 2.90 bits per heavy atom.